The van der Waals surface area contributed by atoms with Gasteiger partial charge >= 0.3 is 10.3 Å². The number of aromatic nitrogens is 4. The molecule has 3 rings (SSSR count). The topological polar surface area (TPSA) is 122 Å². The molecule has 0 fully saturated rings. The van der Waals surface area contributed by atoms with Gasteiger partial charge in [0.2, 0.25) is 5.28 Å². The molecule has 0 aliphatic carbocycles. The van der Waals surface area contributed by atoms with Crippen LogP contribution < -0.4 is 10.0 Å². The first kappa shape index (κ1) is 17.4. The summed E-state index contributed by atoms with van der Waals surface area (Å²) >= 11 is 5.98. The van der Waals surface area contributed by atoms with Gasteiger partial charge in [0.15, 0.2) is 5.65 Å². The molecular formula is C14H15ClN6O3S. The highest BCUT2D eigenvalue weighted by Gasteiger charge is 2.14. The van der Waals surface area contributed by atoms with Crippen LogP contribution in [0.5, 0.6) is 0 Å². The fourth-order valence-corrected chi connectivity index (χ4v) is 3.06. The zero-order valence-electron chi connectivity index (χ0n) is 13.4. The molecular weight excluding hydrogens is 368 g/mol. The van der Waals surface area contributed by atoms with Gasteiger partial charge in [-0.15, -0.1) is 0 Å². The molecule has 11 heteroatoms. The predicted octanol–water partition coefficient (Wildman–Crippen LogP) is 2.15. The highest BCUT2D eigenvalue weighted by atomic mass is 35.5. The van der Waals surface area contributed by atoms with Crippen LogP contribution in [0.15, 0.2) is 24.3 Å². The van der Waals surface area contributed by atoms with Crippen LogP contribution in [0.25, 0.3) is 11.0 Å². The maximum atomic E-state index is 10.8. The molecule has 9 nitrogen and oxygen atoms in total. The number of nitrogens with zero attached hydrogens (tertiary/aromatic N) is 4. The molecule has 0 radical (unpaired) electrons. The number of aryl methyl sites for hydroxylation is 2. The van der Waals surface area contributed by atoms with Crippen LogP contribution in [0.1, 0.15) is 11.3 Å². The van der Waals surface area contributed by atoms with E-state index in [9.17, 15) is 8.42 Å². The summed E-state index contributed by atoms with van der Waals surface area (Å²) in [5.74, 6) is 0.570. The summed E-state index contributed by atoms with van der Waals surface area (Å²) in [6.07, 6.45) is 0. The van der Waals surface area contributed by atoms with Crippen LogP contribution in [0.4, 0.5) is 11.5 Å². The first-order valence-electron chi connectivity index (χ1n) is 7.18. The Labute approximate surface area is 148 Å². The first-order chi connectivity index (χ1) is 11.7. The van der Waals surface area contributed by atoms with Gasteiger partial charge in [0, 0.05) is 13.6 Å². The average molecular weight is 383 g/mol. The maximum Gasteiger partial charge on any atom is 0.357 e. The van der Waals surface area contributed by atoms with E-state index in [0.29, 0.717) is 18.0 Å². The molecule has 1 aromatic carbocycles. The highest BCUT2D eigenvalue weighted by molar-refractivity contribution is 7.87. The molecule has 3 aromatic rings. The lowest BCUT2D eigenvalue weighted by molar-refractivity contribution is 0.489. The maximum absolute atomic E-state index is 10.8. The zero-order valence-corrected chi connectivity index (χ0v) is 14.9. The Morgan fingerprint density at radius 2 is 1.92 bits per heavy atom. The lowest BCUT2D eigenvalue weighted by atomic mass is 10.2. The fourth-order valence-electron chi connectivity index (χ4n) is 2.47. The smallest absolute Gasteiger partial charge is 0.357 e. The van der Waals surface area contributed by atoms with Gasteiger partial charge in [-0.1, -0.05) is 12.1 Å². The Morgan fingerprint density at radius 1 is 1.24 bits per heavy atom. The molecule has 0 bridgehead atoms. The molecule has 0 saturated heterocycles. The van der Waals surface area contributed by atoms with Gasteiger partial charge in [-0.25, -0.2) is 4.68 Å². The third-order valence-corrected chi connectivity index (χ3v) is 4.15. The summed E-state index contributed by atoms with van der Waals surface area (Å²) in [4.78, 5) is 8.41. The minimum atomic E-state index is -4.28. The van der Waals surface area contributed by atoms with Crippen molar-refractivity contribution in [2.24, 2.45) is 7.05 Å². The summed E-state index contributed by atoms with van der Waals surface area (Å²) in [6, 6.07) is 6.53. The third-order valence-electron chi connectivity index (χ3n) is 3.49. The zero-order chi connectivity index (χ0) is 18.2. The van der Waals surface area contributed by atoms with E-state index in [1.165, 1.54) is 0 Å². The normalized spacial score (nSPS) is 11.7. The second-order valence-electron chi connectivity index (χ2n) is 5.38. The van der Waals surface area contributed by atoms with Crippen molar-refractivity contribution in [3.63, 3.8) is 0 Å². The van der Waals surface area contributed by atoms with Crippen molar-refractivity contribution in [1.29, 1.82) is 0 Å². The van der Waals surface area contributed by atoms with Crippen molar-refractivity contribution in [2.75, 3.05) is 10.0 Å². The van der Waals surface area contributed by atoms with E-state index >= 15 is 0 Å². The van der Waals surface area contributed by atoms with E-state index < -0.39 is 10.3 Å². The van der Waals surface area contributed by atoms with Gasteiger partial charge in [-0.3, -0.25) is 9.27 Å². The molecule has 0 unspecified atom stereocenters. The average Bonchev–Trinajstić information content (AvgIpc) is 2.79. The molecule has 0 aliphatic rings. The Kier molecular flexibility index (Phi) is 4.50. The molecule has 3 N–H and O–H groups in total. The van der Waals surface area contributed by atoms with Crippen molar-refractivity contribution in [3.05, 3.63) is 40.8 Å². The van der Waals surface area contributed by atoms with Crippen molar-refractivity contribution in [2.45, 2.75) is 13.5 Å². The van der Waals surface area contributed by atoms with Crippen LogP contribution in [-0.4, -0.2) is 32.7 Å². The molecule has 0 spiro atoms. The monoisotopic (exact) mass is 382 g/mol. The molecule has 0 aliphatic heterocycles. The summed E-state index contributed by atoms with van der Waals surface area (Å²) in [6.45, 7) is 2.30. The number of benzene rings is 1. The van der Waals surface area contributed by atoms with Crippen LogP contribution in [0.3, 0.4) is 0 Å². The largest absolute Gasteiger partial charge is 0.365 e. The number of fused-ring (bicyclic) bond motifs is 1. The number of rotatable bonds is 5. The van der Waals surface area contributed by atoms with Crippen molar-refractivity contribution in [3.8, 4) is 0 Å². The Bertz CT molecular complexity index is 1030. The van der Waals surface area contributed by atoms with E-state index in [0.717, 1.165) is 16.6 Å². The molecule has 0 atom stereocenters. The fraction of sp³-hybridized carbons (Fsp3) is 0.214. The standard InChI is InChI=1S/C14H15ClN6O3S/c1-8-11-12(17-14(15)18-13(11)21(2)19-8)16-7-9-3-5-10(6-4-9)20-25(22,23)24/h3-6,20H,7H2,1-2H3,(H,16,17,18)(H,22,23,24). The van der Waals surface area contributed by atoms with Crippen molar-refractivity contribution in [1.82, 2.24) is 19.7 Å². The van der Waals surface area contributed by atoms with Gasteiger partial charge in [-0.05, 0) is 36.2 Å². The second-order valence-corrected chi connectivity index (χ2v) is 6.87. The van der Waals surface area contributed by atoms with Crippen LogP contribution >= 0.6 is 11.6 Å². The van der Waals surface area contributed by atoms with E-state index in [2.05, 4.69) is 20.4 Å². The summed E-state index contributed by atoms with van der Waals surface area (Å²) in [5.41, 5.74) is 2.56. The summed E-state index contributed by atoms with van der Waals surface area (Å²) in [7, 11) is -2.50. The van der Waals surface area contributed by atoms with Gasteiger partial charge in [0.05, 0.1) is 16.8 Å². The lowest BCUT2D eigenvalue weighted by Gasteiger charge is -2.09. The van der Waals surface area contributed by atoms with Crippen LogP contribution in [0, 0.1) is 6.92 Å². The Morgan fingerprint density at radius 3 is 2.56 bits per heavy atom. The highest BCUT2D eigenvalue weighted by Crippen LogP contribution is 2.25. The number of halogens is 1. The lowest BCUT2D eigenvalue weighted by Crippen LogP contribution is -2.10. The van der Waals surface area contributed by atoms with Crippen molar-refractivity contribution < 1.29 is 13.0 Å². The number of hydrogen-bond acceptors (Lipinski definition) is 6. The first-order valence-corrected chi connectivity index (χ1v) is 8.99. The quantitative estimate of drug-likeness (QED) is 0.456. The number of anilines is 2. The Hall–Kier alpha value is -2.43. The van der Waals surface area contributed by atoms with E-state index in [1.54, 1.807) is 36.0 Å². The van der Waals surface area contributed by atoms with Gasteiger partial charge in [0.25, 0.3) is 0 Å². The third kappa shape index (κ3) is 3.98. The number of nitrogens with one attached hydrogen (secondary N) is 2. The molecule has 25 heavy (non-hydrogen) atoms. The molecule has 2 aromatic heterocycles. The Balaban J connectivity index is 1.81. The predicted molar refractivity (Wildman–Crippen MR) is 95.0 cm³/mol. The molecule has 132 valence electrons. The van der Waals surface area contributed by atoms with Crippen LogP contribution in [0.2, 0.25) is 5.28 Å². The number of hydrogen-bond donors (Lipinski definition) is 3. The van der Waals surface area contributed by atoms with Crippen molar-refractivity contribution >= 4 is 44.4 Å². The summed E-state index contributed by atoms with van der Waals surface area (Å²) < 4.78 is 33.9. The minimum absolute atomic E-state index is 0.116. The van der Waals surface area contributed by atoms with Gasteiger partial charge < -0.3 is 5.32 Å². The molecule has 0 saturated carbocycles. The van der Waals surface area contributed by atoms with E-state index in [4.69, 9.17) is 16.2 Å². The minimum Gasteiger partial charge on any atom is -0.365 e. The van der Waals surface area contributed by atoms with Gasteiger partial charge in [0.1, 0.15) is 5.82 Å². The van der Waals surface area contributed by atoms with Crippen LogP contribution in [-0.2, 0) is 23.9 Å². The molecule has 2 heterocycles. The molecule has 0 amide bonds. The SMILES string of the molecule is Cc1nn(C)c2nc(Cl)nc(NCc3ccc(NS(=O)(=O)O)cc3)c12. The second kappa shape index (κ2) is 6.47. The summed E-state index contributed by atoms with van der Waals surface area (Å²) in [5, 5.41) is 8.41. The van der Waals surface area contributed by atoms with E-state index in [1.807, 2.05) is 11.6 Å². The van der Waals surface area contributed by atoms with Gasteiger partial charge in [-0.2, -0.15) is 23.5 Å². The van der Waals surface area contributed by atoms with E-state index in [-0.39, 0.29) is 11.0 Å².